The lowest BCUT2D eigenvalue weighted by molar-refractivity contribution is 0.0392. The number of nitrogens with two attached hydrogens (primary N) is 1. The molecule has 2 aliphatic rings. The molecule has 4 nitrogen and oxygen atoms in total. The van der Waals surface area contributed by atoms with Crippen LogP contribution in [0.2, 0.25) is 0 Å². The van der Waals surface area contributed by atoms with Crippen LogP contribution in [0.1, 0.15) is 5.56 Å². The molecule has 0 spiro atoms. The van der Waals surface area contributed by atoms with E-state index in [1.54, 1.807) is 0 Å². The first-order chi connectivity index (χ1) is 8.84. The number of hydrogen-bond donors (Lipinski definition) is 1. The van der Waals surface area contributed by atoms with Crippen molar-refractivity contribution in [3.63, 3.8) is 0 Å². The maximum atomic E-state index is 6.10. The predicted molar refractivity (Wildman–Crippen MR) is 74.0 cm³/mol. The Morgan fingerprint density at radius 2 is 1.94 bits per heavy atom. The van der Waals surface area contributed by atoms with Crippen molar-refractivity contribution < 1.29 is 4.74 Å². The van der Waals surface area contributed by atoms with Crippen molar-refractivity contribution in [2.75, 3.05) is 56.6 Å². The number of rotatable bonds is 3. The lowest BCUT2D eigenvalue weighted by atomic mass is 10.1. The van der Waals surface area contributed by atoms with Gasteiger partial charge in [0.05, 0.1) is 24.6 Å². The van der Waals surface area contributed by atoms with Gasteiger partial charge in [-0.25, -0.2) is 0 Å². The summed E-state index contributed by atoms with van der Waals surface area (Å²) in [5.74, 6) is 0. The molecule has 0 radical (unpaired) electrons. The molecule has 4 heteroatoms. The number of ether oxygens (including phenoxy) is 1. The fraction of sp³-hybridized carbons (Fsp3) is 0.571. The second-order valence-electron chi connectivity index (χ2n) is 5.05. The molecule has 18 heavy (non-hydrogen) atoms. The van der Waals surface area contributed by atoms with Crippen LogP contribution in [0.5, 0.6) is 0 Å². The van der Waals surface area contributed by atoms with E-state index in [4.69, 9.17) is 10.5 Å². The van der Waals surface area contributed by atoms with E-state index in [1.165, 1.54) is 11.3 Å². The molecule has 0 atom stereocenters. The normalized spacial score (nSPS) is 20.1. The highest BCUT2D eigenvalue weighted by Gasteiger charge is 2.21. The van der Waals surface area contributed by atoms with E-state index in [9.17, 15) is 0 Å². The molecule has 2 N–H and O–H groups in total. The summed E-state index contributed by atoms with van der Waals surface area (Å²) < 4.78 is 5.37. The van der Waals surface area contributed by atoms with Crippen LogP contribution in [0.15, 0.2) is 18.2 Å². The van der Waals surface area contributed by atoms with Gasteiger partial charge < -0.3 is 15.4 Å². The fourth-order valence-electron chi connectivity index (χ4n) is 2.88. The van der Waals surface area contributed by atoms with Crippen molar-refractivity contribution in [1.82, 2.24) is 4.90 Å². The van der Waals surface area contributed by atoms with Crippen molar-refractivity contribution in [3.05, 3.63) is 23.8 Å². The number of morpholine rings is 1. The van der Waals surface area contributed by atoms with Gasteiger partial charge in [0, 0.05) is 32.7 Å². The zero-order valence-corrected chi connectivity index (χ0v) is 10.8. The first-order valence-electron chi connectivity index (χ1n) is 6.77. The Hall–Kier alpha value is -1.26. The molecule has 98 valence electrons. The van der Waals surface area contributed by atoms with E-state index in [1.807, 2.05) is 6.07 Å². The van der Waals surface area contributed by atoms with Crippen molar-refractivity contribution >= 4 is 11.4 Å². The first-order valence-corrected chi connectivity index (χ1v) is 6.77. The molecule has 0 amide bonds. The minimum absolute atomic E-state index is 0.874. The van der Waals surface area contributed by atoms with Crippen LogP contribution in [-0.4, -0.2) is 50.8 Å². The highest BCUT2D eigenvalue weighted by Crippen LogP contribution is 2.33. The van der Waals surface area contributed by atoms with Gasteiger partial charge in [-0.15, -0.1) is 0 Å². The van der Waals surface area contributed by atoms with E-state index < -0.39 is 0 Å². The summed E-state index contributed by atoms with van der Waals surface area (Å²) in [6.07, 6.45) is 1.13. The molecule has 0 unspecified atom stereocenters. The summed E-state index contributed by atoms with van der Waals surface area (Å²) in [4.78, 5) is 4.90. The molecule has 1 aromatic rings. The lowest BCUT2D eigenvalue weighted by Crippen LogP contribution is -2.41. The van der Waals surface area contributed by atoms with Gasteiger partial charge in [0.15, 0.2) is 0 Å². The van der Waals surface area contributed by atoms with E-state index in [0.29, 0.717) is 0 Å². The molecule has 1 fully saturated rings. The maximum absolute atomic E-state index is 6.10. The van der Waals surface area contributed by atoms with Crippen molar-refractivity contribution in [3.8, 4) is 0 Å². The van der Waals surface area contributed by atoms with Crippen LogP contribution in [0.3, 0.4) is 0 Å². The number of nitrogen functional groups attached to an aromatic ring is 1. The summed E-state index contributed by atoms with van der Waals surface area (Å²) >= 11 is 0. The Morgan fingerprint density at radius 1 is 1.11 bits per heavy atom. The quantitative estimate of drug-likeness (QED) is 0.808. The first kappa shape index (κ1) is 11.8. The molecule has 3 rings (SSSR count). The van der Waals surface area contributed by atoms with Crippen molar-refractivity contribution in [2.24, 2.45) is 0 Å². The van der Waals surface area contributed by atoms with Crippen LogP contribution in [0, 0.1) is 0 Å². The Morgan fingerprint density at radius 3 is 2.78 bits per heavy atom. The molecule has 1 saturated heterocycles. The third-order valence-electron chi connectivity index (χ3n) is 3.91. The van der Waals surface area contributed by atoms with Gasteiger partial charge in [-0.2, -0.15) is 0 Å². The summed E-state index contributed by atoms with van der Waals surface area (Å²) in [7, 11) is 0. The molecule has 2 aliphatic heterocycles. The standard InChI is InChI=1S/C14H21N3O/c15-13-3-1-2-12-4-5-17(14(12)13)7-6-16-8-10-18-11-9-16/h1-3H,4-11,15H2. The fourth-order valence-corrected chi connectivity index (χ4v) is 2.88. The number of benzene rings is 1. The van der Waals surface area contributed by atoms with Crippen molar-refractivity contribution in [2.45, 2.75) is 6.42 Å². The van der Waals surface area contributed by atoms with E-state index in [-0.39, 0.29) is 0 Å². The summed E-state index contributed by atoms with van der Waals surface area (Å²) in [5.41, 5.74) is 9.69. The Kier molecular flexibility index (Phi) is 3.39. The number of fused-ring (bicyclic) bond motifs is 1. The molecule has 0 bridgehead atoms. The predicted octanol–water partition coefficient (Wildman–Crippen LogP) is 0.963. The minimum Gasteiger partial charge on any atom is -0.397 e. The molecular formula is C14H21N3O. The Labute approximate surface area is 108 Å². The van der Waals surface area contributed by atoms with Crippen LogP contribution in [-0.2, 0) is 11.2 Å². The average molecular weight is 247 g/mol. The number of para-hydroxylation sites is 1. The van der Waals surface area contributed by atoms with Gasteiger partial charge in [-0.05, 0) is 18.1 Å². The highest BCUT2D eigenvalue weighted by atomic mass is 16.5. The largest absolute Gasteiger partial charge is 0.397 e. The van der Waals surface area contributed by atoms with Gasteiger partial charge in [0.2, 0.25) is 0 Å². The topological polar surface area (TPSA) is 41.7 Å². The molecular weight excluding hydrogens is 226 g/mol. The molecule has 1 aromatic carbocycles. The molecule has 0 aromatic heterocycles. The van der Waals surface area contributed by atoms with Gasteiger partial charge in [0.1, 0.15) is 0 Å². The zero-order valence-electron chi connectivity index (χ0n) is 10.8. The van der Waals surface area contributed by atoms with Gasteiger partial charge >= 0.3 is 0 Å². The lowest BCUT2D eigenvalue weighted by Gasteiger charge is -2.29. The second-order valence-corrected chi connectivity index (χ2v) is 5.05. The molecule has 0 saturated carbocycles. The number of hydrogen-bond acceptors (Lipinski definition) is 4. The van der Waals surface area contributed by atoms with Crippen LogP contribution in [0.4, 0.5) is 11.4 Å². The van der Waals surface area contributed by atoms with E-state index in [0.717, 1.165) is 58.0 Å². The van der Waals surface area contributed by atoms with Crippen LogP contribution < -0.4 is 10.6 Å². The second kappa shape index (κ2) is 5.16. The van der Waals surface area contributed by atoms with Gasteiger partial charge in [0.25, 0.3) is 0 Å². The Balaban J connectivity index is 1.62. The zero-order chi connectivity index (χ0) is 12.4. The Bertz CT molecular complexity index is 416. The summed E-state index contributed by atoms with van der Waals surface area (Å²) in [6, 6.07) is 6.26. The maximum Gasteiger partial charge on any atom is 0.0633 e. The molecule has 2 heterocycles. The van der Waals surface area contributed by atoms with Crippen LogP contribution >= 0.6 is 0 Å². The minimum atomic E-state index is 0.874. The smallest absolute Gasteiger partial charge is 0.0633 e. The summed E-state index contributed by atoms with van der Waals surface area (Å²) in [5, 5.41) is 0. The van der Waals surface area contributed by atoms with E-state index in [2.05, 4.69) is 21.9 Å². The third kappa shape index (κ3) is 2.31. The highest BCUT2D eigenvalue weighted by molar-refractivity contribution is 5.74. The summed E-state index contributed by atoms with van der Waals surface area (Å²) in [6.45, 7) is 7.15. The SMILES string of the molecule is Nc1cccc2c1N(CCN1CCOCC1)CC2. The van der Waals surface area contributed by atoms with E-state index >= 15 is 0 Å². The number of nitrogens with zero attached hydrogens (tertiary/aromatic N) is 2. The van der Waals surface area contributed by atoms with Crippen molar-refractivity contribution in [1.29, 1.82) is 0 Å². The van der Waals surface area contributed by atoms with Crippen LogP contribution in [0.25, 0.3) is 0 Å². The van der Waals surface area contributed by atoms with Gasteiger partial charge in [-0.3, -0.25) is 4.90 Å². The van der Waals surface area contributed by atoms with Gasteiger partial charge in [-0.1, -0.05) is 12.1 Å². The average Bonchev–Trinajstić information content (AvgIpc) is 2.82. The molecule has 0 aliphatic carbocycles. The number of anilines is 2. The monoisotopic (exact) mass is 247 g/mol. The third-order valence-corrected chi connectivity index (χ3v) is 3.91.